The summed E-state index contributed by atoms with van der Waals surface area (Å²) in [6.07, 6.45) is 16.3. The van der Waals surface area contributed by atoms with Gasteiger partial charge in [0.2, 0.25) is 0 Å². The molecule has 0 saturated heterocycles. The second-order valence-corrected chi connectivity index (χ2v) is 7.04. The van der Waals surface area contributed by atoms with Gasteiger partial charge in [-0.05, 0) is 32.4 Å². The molecule has 3 nitrogen and oxygen atoms in total. The van der Waals surface area contributed by atoms with Crippen LogP contribution in [0.1, 0.15) is 97.3 Å². The second-order valence-electron chi connectivity index (χ2n) is 7.04. The van der Waals surface area contributed by atoms with Crippen LogP contribution >= 0.6 is 0 Å². The molecule has 3 heteroatoms. The van der Waals surface area contributed by atoms with Gasteiger partial charge in [-0.3, -0.25) is 0 Å². The van der Waals surface area contributed by atoms with Crippen LogP contribution in [0.5, 0.6) is 0 Å². The smallest absolute Gasteiger partial charge is 0.331 e. The molecule has 0 rings (SSSR count). The molecular formula is C21H41NO2. The molecule has 0 aromatic rings. The highest BCUT2D eigenvalue weighted by Gasteiger charge is 2.09. The van der Waals surface area contributed by atoms with Crippen LogP contribution < -0.4 is 0 Å². The number of carbonyl (C=O) groups is 1. The molecule has 0 radical (unpaired) electrons. The molecule has 0 atom stereocenters. The first-order chi connectivity index (χ1) is 11.6. The van der Waals surface area contributed by atoms with Crippen molar-refractivity contribution in [3.8, 4) is 0 Å². The molecule has 0 aliphatic rings. The van der Waals surface area contributed by atoms with Crippen LogP contribution in [0, 0.1) is 0 Å². The summed E-state index contributed by atoms with van der Waals surface area (Å²) >= 11 is 0. The third-order valence-corrected chi connectivity index (χ3v) is 4.69. The number of unbranched alkanes of at least 4 members (excludes halogenated alkanes) is 10. The number of hydrogen-bond acceptors (Lipinski definition) is 2. The van der Waals surface area contributed by atoms with Gasteiger partial charge in [0.25, 0.3) is 0 Å². The van der Waals surface area contributed by atoms with E-state index in [0.29, 0.717) is 12.0 Å². The number of aliphatic carboxylic acids is 1. The lowest BCUT2D eigenvalue weighted by Crippen LogP contribution is -2.28. The first-order valence-corrected chi connectivity index (χ1v) is 10.2. The van der Waals surface area contributed by atoms with Gasteiger partial charge in [-0.2, -0.15) is 0 Å². The average Bonchev–Trinajstić information content (AvgIpc) is 2.57. The topological polar surface area (TPSA) is 40.5 Å². The second kappa shape index (κ2) is 17.0. The molecule has 0 aromatic heterocycles. The Morgan fingerprint density at radius 1 is 0.750 bits per heavy atom. The van der Waals surface area contributed by atoms with Gasteiger partial charge in [0.05, 0.1) is 0 Å². The van der Waals surface area contributed by atoms with Crippen LogP contribution in [0.3, 0.4) is 0 Å². The van der Waals surface area contributed by atoms with Gasteiger partial charge in [-0.15, -0.1) is 0 Å². The summed E-state index contributed by atoms with van der Waals surface area (Å²) in [7, 11) is 0. The van der Waals surface area contributed by atoms with Crippen LogP contribution in [0.15, 0.2) is 12.2 Å². The molecule has 0 unspecified atom stereocenters. The maximum atomic E-state index is 10.9. The van der Waals surface area contributed by atoms with Crippen LogP contribution in [0.4, 0.5) is 0 Å². The van der Waals surface area contributed by atoms with Crippen LogP contribution in [0.25, 0.3) is 0 Å². The van der Waals surface area contributed by atoms with E-state index in [0.717, 1.165) is 19.6 Å². The SMILES string of the molecule is C=C(CCN(CCCCCCCC)CCCCCCCC)C(=O)O. The van der Waals surface area contributed by atoms with E-state index in [2.05, 4.69) is 25.3 Å². The Labute approximate surface area is 150 Å². The van der Waals surface area contributed by atoms with E-state index in [1.165, 1.54) is 77.0 Å². The van der Waals surface area contributed by atoms with Gasteiger partial charge in [0.15, 0.2) is 0 Å². The molecule has 0 fully saturated rings. The summed E-state index contributed by atoms with van der Waals surface area (Å²) in [5.41, 5.74) is 0.339. The van der Waals surface area contributed by atoms with Crippen LogP contribution in [-0.4, -0.2) is 35.6 Å². The van der Waals surface area contributed by atoms with Crippen molar-refractivity contribution in [1.29, 1.82) is 0 Å². The van der Waals surface area contributed by atoms with Crippen molar-refractivity contribution in [2.45, 2.75) is 97.3 Å². The monoisotopic (exact) mass is 339 g/mol. The predicted octanol–water partition coefficient (Wildman–Crippen LogP) is 6.04. The van der Waals surface area contributed by atoms with E-state index < -0.39 is 5.97 Å². The van der Waals surface area contributed by atoms with Crippen molar-refractivity contribution in [2.75, 3.05) is 19.6 Å². The van der Waals surface area contributed by atoms with Crippen molar-refractivity contribution in [3.63, 3.8) is 0 Å². The summed E-state index contributed by atoms with van der Waals surface area (Å²) in [5, 5.41) is 8.97. The lowest BCUT2D eigenvalue weighted by atomic mass is 10.1. The molecule has 1 N–H and O–H groups in total. The molecule has 24 heavy (non-hydrogen) atoms. The average molecular weight is 340 g/mol. The zero-order valence-electron chi connectivity index (χ0n) is 16.3. The number of nitrogens with zero attached hydrogens (tertiary/aromatic N) is 1. The van der Waals surface area contributed by atoms with E-state index in [1.54, 1.807) is 0 Å². The maximum Gasteiger partial charge on any atom is 0.331 e. The van der Waals surface area contributed by atoms with E-state index >= 15 is 0 Å². The third kappa shape index (κ3) is 14.7. The molecule has 0 aliphatic heterocycles. The summed E-state index contributed by atoms with van der Waals surface area (Å²) < 4.78 is 0. The van der Waals surface area contributed by atoms with Crippen molar-refractivity contribution < 1.29 is 9.90 Å². The highest BCUT2D eigenvalue weighted by molar-refractivity contribution is 5.85. The van der Waals surface area contributed by atoms with Crippen LogP contribution in [0.2, 0.25) is 0 Å². The number of carboxylic acids is 1. The van der Waals surface area contributed by atoms with Crippen molar-refractivity contribution in [1.82, 2.24) is 4.90 Å². The Kier molecular flexibility index (Phi) is 16.4. The standard InChI is InChI=1S/C21H41NO2/c1-4-6-8-10-12-14-17-22(19-16-20(3)21(23)24)18-15-13-11-9-7-5-2/h3-19H2,1-2H3,(H,23,24). The molecule has 0 spiro atoms. The quantitative estimate of drug-likeness (QED) is 0.244. The van der Waals surface area contributed by atoms with Crippen molar-refractivity contribution in [3.05, 3.63) is 12.2 Å². The first-order valence-electron chi connectivity index (χ1n) is 10.2. The van der Waals surface area contributed by atoms with E-state index in [9.17, 15) is 4.79 Å². The lowest BCUT2D eigenvalue weighted by molar-refractivity contribution is -0.132. The van der Waals surface area contributed by atoms with E-state index in [-0.39, 0.29) is 0 Å². The number of carboxylic acid groups (broad SMARTS) is 1. The predicted molar refractivity (Wildman–Crippen MR) is 105 cm³/mol. The highest BCUT2D eigenvalue weighted by Crippen LogP contribution is 2.10. The van der Waals surface area contributed by atoms with Gasteiger partial charge >= 0.3 is 5.97 Å². The largest absolute Gasteiger partial charge is 0.478 e. The Balaban J connectivity index is 3.95. The molecule has 0 heterocycles. The van der Waals surface area contributed by atoms with Gasteiger partial charge in [-0.25, -0.2) is 4.79 Å². The van der Waals surface area contributed by atoms with Crippen molar-refractivity contribution in [2.24, 2.45) is 0 Å². The minimum absolute atomic E-state index is 0.339. The highest BCUT2D eigenvalue weighted by atomic mass is 16.4. The summed E-state index contributed by atoms with van der Waals surface area (Å²) in [4.78, 5) is 13.4. The third-order valence-electron chi connectivity index (χ3n) is 4.69. The van der Waals surface area contributed by atoms with Crippen LogP contribution in [-0.2, 0) is 4.79 Å². The summed E-state index contributed by atoms with van der Waals surface area (Å²) in [5.74, 6) is -0.853. The Morgan fingerprint density at radius 2 is 1.17 bits per heavy atom. The van der Waals surface area contributed by atoms with Gasteiger partial charge < -0.3 is 10.0 Å². The van der Waals surface area contributed by atoms with Crippen molar-refractivity contribution >= 4 is 5.97 Å². The molecular weight excluding hydrogens is 298 g/mol. The molecule has 142 valence electrons. The molecule has 0 aliphatic carbocycles. The fourth-order valence-electron chi connectivity index (χ4n) is 2.97. The van der Waals surface area contributed by atoms with Gasteiger partial charge in [-0.1, -0.05) is 84.6 Å². The lowest BCUT2D eigenvalue weighted by Gasteiger charge is -2.22. The molecule has 0 saturated carbocycles. The number of rotatable bonds is 18. The normalized spacial score (nSPS) is 11.1. The maximum absolute atomic E-state index is 10.9. The van der Waals surface area contributed by atoms with Gasteiger partial charge in [0.1, 0.15) is 0 Å². The minimum atomic E-state index is -0.853. The number of hydrogen-bond donors (Lipinski definition) is 1. The fraction of sp³-hybridized carbons (Fsp3) is 0.857. The molecule has 0 bridgehead atoms. The molecule has 0 aromatic carbocycles. The zero-order valence-corrected chi connectivity index (χ0v) is 16.3. The zero-order chi connectivity index (χ0) is 18.0. The molecule has 0 amide bonds. The Morgan fingerprint density at radius 3 is 1.58 bits per heavy atom. The first kappa shape index (κ1) is 23.2. The summed E-state index contributed by atoms with van der Waals surface area (Å²) in [6.45, 7) is 11.2. The van der Waals surface area contributed by atoms with E-state index in [4.69, 9.17) is 5.11 Å². The van der Waals surface area contributed by atoms with Gasteiger partial charge in [0, 0.05) is 12.1 Å². The fourth-order valence-corrected chi connectivity index (χ4v) is 2.97. The minimum Gasteiger partial charge on any atom is -0.478 e. The van der Waals surface area contributed by atoms with E-state index in [1.807, 2.05) is 0 Å². The Hall–Kier alpha value is -0.830. The Bertz CT molecular complexity index is 299. The summed E-state index contributed by atoms with van der Waals surface area (Å²) in [6, 6.07) is 0.